The monoisotopic (exact) mass is 522 g/mol. The van der Waals surface area contributed by atoms with E-state index in [9.17, 15) is 4.79 Å². The van der Waals surface area contributed by atoms with Gasteiger partial charge in [-0.15, -0.1) is 10.2 Å². The number of carbonyl (C=O) groups excluding carboxylic acids is 1. The molecule has 1 heterocycles. The number of hydrogen-bond donors (Lipinski definition) is 1. The Bertz CT molecular complexity index is 1280. The normalized spacial score (nSPS) is 10.9. The quantitative estimate of drug-likeness (QED) is 0.270. The fourth-order valence-corrected chi connectivity index (χ4v) is 4.32. The summed E-state index contributed by atoms with van der Waals surface area (Å²) in [5.41, 5.74) is 2.04. The Morgan fingerprint density at radius 1 is 0.875 bits per heavy atom. The standard InChI is InChI=1S/C22H14Cl4N4OS/c23-14-4-7-17(8-5-14)30-21(13-2-1-3-15(24)10-13)28-29-22(30)32-12-20(31)27-19-11-16(25)6-9-18(19)26/h1-11H,12H2,(H,27,31). The zero-order chi connectivity index (χ0) is 22.7. The van der Waals surface area contributed by atoms with Crippen molar-refractivity contribution < 1.29 is 4.79 Å². The topological polar surface area (TPSA) is 59.8 Å². The molecule has 0 fully saturated rings. The molecule has 0 bridgehead atoms. The lowest BCUT2D eigenvalue weighted by Crippen LogP contribution is -2.15. The molecule has 0 spiro atoms. The number of amides is 1. The van der Waals surface area contributed by atoms with E-state index in [1.165, 1.54) is 11.8 Å². The summed E-state index contributed by atoms with van der Waals surface area (Å²) >= 11 is 25.6. The highest BCUT2D eigenvalue weighted by molar-refractivity contribution is 7.99. The van der Waals surface area contributed by atoms with Crippen molar-refractivity contribution in [2.75, 3.05) is 11.1 Å². The van der Waals surface area contributed by atoms with Gasteiger partial charge in [0.1, 0.15) is 0 Å². The summed E-state index contributed by atoms with van der Waals surface area (Å²) in [4.78, 5) is 12.5. The Morgan fingerprint density at radius 3 is 2.34 bits per heavy atom. The number of aromatic nitrogens is 3. The number of carbonyl (C=O) groups is 1. The minimum atomic E-state index is -0.255. The molecule has 0 saturated carbocycles. The van der Waals surface area contributed by atoms with Gasteiger partial charge in [0.15, 0.2) is 11.0 Å². The number of nitrogens with zero attached hydrogens (tertiary/aromatic N) is 3. The Hall–Kier alpha value is -2.22. The van der Waals surface area contributed by atoms with Crippen molar-refractivity contribution in [1.29, 1.82) is 0 Å². The largest absolute Gasteiger partial charge is 0.324 e. The lowest BCUT2D eigenvalue weighted by Gasteiger charge is -2.11. The van der Waals surface area contributed by atoms with E-state index in [-0.39, 0.29) is 11.7 Å². The minimum absolute atomic E-state index is 0.0874. The van der Waals surface area contributed by atoms with Crippen LogP contribution in [-0.2, 0) is 4.79 Å². The van der Waals surface area contributed by atoms with Crippen LogP contribution < -0.4 is 5.32 Å². The van der Waals surface area contributed by atoms with Gasteiger partial charge >= 0.3 is 0 Å². The van der Waals surface area contributed by atoms with Crippen LogP contribution in [0.5, 0.6) is 0 Å². The summed E-state index contributed by atoms with van der Waals surface area (Å²) in [6.07, 6.45) is 0. The molecule has 1 aromatic heterocycles. The molecule has 32 heavy (non-hydrogen) atoms. The second-order valence-electron chi connectivity index (χ2n) is 6.59. The highest BCUT2D eigenvalue weighted by Gasteiger charge is 2.18. The lowest BCUT2D eigenvalue weighted by atomic mass is 10.2. The van der Waals surface area contributed by atoms with Crippen molar-refractivity contribution in [3.8, 4) is 17.1 Å². The van der Waals surface area contributed by atoms with E-state index >= 15 is 0 Å². The molecule has 0 aliphatic heterocycles. The number of nitrogens with one attached hydrogen (secondary N) is 1. The van der Waals surface area contributed by atoms with Gasteiger partial charge in [-0.3, -0.25) is 9.36 Å². The Balaban J connectivity index is 1.61. The van der Waals surface area contributed by atoms with E-state index < -0.39 is 0 Å². The molecule has 0 saturated heterocycles. The first kappa shape index (κ1) is 23.0. The molecule has 162 valence electrons. The number of rotatable bonds is 6. The van der Waals surface area contributed by atoms with E-state index in [0.29, 0.717) is 36.8 Å². The molecule has 0 aliphatic carbocycles. The Kier molecular flexibility index (Phi) is 7.28. The Morgan fingerprint density at radius 2 is 1.59 bits per heavy atom. The molecule has 4 rings (SSSR count). The highest BCUT2D eigenvalue weighted by atomic mass is 35.5. The van der Waals surface area contributed by atoms with Crippen LogP contribution in [-0.4, -0.2) is 26.4 Å². The molecule has 0 radical (unpaired) electrons. The fraction of sp³-hybridized carbons (Fsp3) is 0.0455. The molecule has 0 aliphatic rings. The van der Waals surface area contributed by atoms with Crippen molar-refractivity contribution in [3.05, 3.63) is 86.8 Å². The van der Waals surface area contributed by atoms with Crippen molar-refractivity contribution in [2.24, 2.45) is 0 Å². The summed E-state index contributed by atoms with van der Waals surface area (Å²) in [7, 11) is 0. The first-order valence-electron chi connectivity index (χ1n) is 9.26. The average molecular weight is 524 g/mol. The van der Waals surface area contributed by atoms with Crippen LogP contribution >= 0.6 is 58.2 Å². The highest BCUT2D eigenvalue weighted by Crippen LogP contribution is 2.30. The number of anilines is 1. The van der Waals surface area contributed by atoms with Gasteiger partial charge in [-0.1, -0.05) is 70.3 Å². The molecule has 3 aromatic carbocycles. The van der Waals surface area contributed by atoms with Crippen LogP contribution in [0.3, 0.4) is 0 Å². The van der Waals surface area contributed by atoms with Crippen molar-refractivity contribution in [1.82, 2.24) is 14.8 Å². The summed E-state index contributed by atoms with van der Waals surface area (Å²) in [5.74, 6) is 0.425. The van der Waals surface area contributed by atoms with Crippen molar-refractivity contribution in [2.45, 2.75) is 5.16 Å². The van der Waals surface area contributed by atoms with E-state index in [0.717, 1.165) is 11.3 Å². The first-order valence-corrected chi connectivity index (χ1v) is 11.8. The van der Waals surface area contributed by atoms with Gasteiger partial charge in [0.25, 0.3) is 0 Å². The third-order valence-corrected chi connectivity index (χ3v) is 6.32. The van der Waals surface area contributed by atoms with Gasteiger partial charge in [-0.25, -0.2) is 0 Å². The second-order valence-corrected chi connectivity index (χ2v) is 9.25. The minimum Gasteiger partial charge on any atom is -0.324 e. The fourth-order valence-electron chi connectivity index (χ4n) is 2.91. The first-order chi connectivity index (χ1) is 15.4. The summed E-state index contributed by atoms with van der Waals surface area (Å²) in [6.45, 7) is 0. The van der Waals surface area contributed by atoms with Gasteiger partial charge < -0.3 is 5.32 Å². The number of benzene rings is 3. The number of halogens is 4. The third-order valence-electron chi connectivity index (χ3n) is 4.34. The van der Waals surface area contributed by atoms with Crippen LogP contribution in [0.2, 0.25) is 20.1 Å². The lowest BCUT2D eigenvalue weighted by molar-refractivity contribution is -0.113. The smallest absolute Gasteiger partial charge is 0.234 e. The van der Waals surface area contributed by atoms with Crippen molar-refractivity contribution >= 4 is 69.8 Å². The van der Waals surface area contributed by atoms with E-state index in [2.05, 4.69) is 15.5 Å². The predicted octanol–water partition coefficient (Wildman–Crippen LogP) is 7.28. The third kappa shape index (κ3) is 5.39. The molecule has 0 atom stereocenters. The summed E-state index contributed by atoms with van der Waals surface area (Å²) in [5, 5.41) is 14.0. The average Bonchev–Trinajstić information content (AvgIpc) is 3.19. The zero-order valence-electron chi connectivity index (χ0n) is 16.2. The number of hydrogen-bond acceptors (Lipinski definition) is 4. The van der Waals surface area contributed by atoms with E-state index in [1.807, 2.05) is 28.8 Å². The SMILES string of the molecule is O=C(CSc1nnc(-c2cccc(Cl)c2)n1-c1ccc(Cl)cc1)Nc1cc(Cl)ccc1Cl. The molecular formula is C22H14Cl4N4OS. The molecule has 0 unspecified atom stereocenters. The van der Waals surface area contributed by atoms with E-state index in [4.69, 9.17) is 46.4 Å². The molecule has 10 heteroatoms. The maximum absolute atomic E-state index is 12.5. The Labute approximate surface area is 208 Å². The van der Waals surface area contributed by atoms with E-state index in [1.54, 1.807) is 42.5 Å². The van der Waals surface area contributed by atoms with Gasteiger partial charge in [0, 0.05) is 26.3 Å². The molecule has 1 N–H and O–H groups in total. The number of thioether (sulfide) groups is 1. The van der Waals surface area contributed by atoms with Gasteiger partial charge in [0.2, 0.25) is 5.91 Å². The summed E-state index contributed by atoms with van der Waals surface area (Å²) < 4.78 is 1.85. The summed E-state index contributed by atoms with van der Waals surface area (Å²) in [6, 6.07) is 19.5. The van der Waals surface area contributed by atoms with Gasteiger partial charge in [0.05, 0.1) is 16.5 Å². The molecule has 1 amide bonds. The van der Waals surface area contributed by atoms with Gasteiger partial charge in [-0.2, -0.15) is 0 Å². The van der Waals surface area contributed by atoms with Crippen LogP contribution in [0.4, 0.5) is 5.69 Å². The molecule has 5 nitrogen and oxygen atoms in total. The second kappa shape index (κ2) is 10.1. The van der Waals surface area contributed by atoms with Gasteiger partial charge in [-0.05, 0) is 54.6 Å². The van der Waals surface area contributed by atoms with Crippen LogP contribution in [0, 0.1) is 0 Å². The maximum Gasteiger partial charge on any atom is 0.234 e. The van der Waals surface area contributed by atoms with Crippen LogP contribution in [0.1, 0.15) is 0 Å². The molecular weight excluding hydrogens is 510 g/mol. The van der Waals surface area contributed by atoms with Crippen LogP contribution in [0.25, 0.3) is 17.1 Å². The van der Waals surface area contributed by atoms with Crippen molar-refractivity contribution in [3.63, 3.8) is 0 Å². The predicted molar refractivity (Wildman–Crippen MR) is 133 cm³/mol. The zero-order valence-corrected chi connectivity index (χ0v) is 20.1. The van der Waals surface area contributed by atoms with Crippen LogP contribution in [0.15, 0.2) is 71.9 Å². The maximum atomic E-state index is 12.5. The molecule has 4 aromatic rings.